The van der Waals surface area contributed by atoms with Crippen LogP contribution in [-0.2, 0) is 4.74 Å². The van der Waals surface area contributed by atoms with E-state index in [0.717, 1.165) is 30.3 Å². The Bertz CT molecular complexity index is 307. The second-order valence-corrected chi connectivity index (χ2v) is 7.78. The first kappa shape index (κ1) is 12.0. The lowest BCUT2D eigenvalue weighted by molar-refractivity contribution is -0.117. The van der Waals surface area contributed by atoms with E-state index in [1.54, 1.807) is 0 Å². The maximum absolute atomic E-state index is 6.11. The highest BCUT2D eigenvalue weighted by molar-refractivity contribution is 5.05. The lowest BCUT2D eigenvalue weighted by atomic mass is 9.50. The molecule has 1 saturated heterocycles. The van der Waals surface area contributed by atoms with Crippen molar-refractivity contribution in [1.82, 2.24) is 0 Å². The molecule has 0 N–H and O–H groups in total. The lowest BCUT2D eigenvalue weighted by Crippen LogP contribution is -2.52. The van der Waals surface area contributed by atoms with Crippen molar-refractivity contribution in [2.24, 2.45) is 29.1 Å². The quantitative estimate of drug-likeness (QED) is 0.610. The molecule has 3 fully saturated rings. The van der Waals surface area contributed by atoms with Crippen LogP contribution >= 0.6 is 0 Å². The van der Waals surface area contributed by atoms with Crippen molar-refractivity contribution >= 4 is 0 Å². The summed E-state index contributed by atoms with van der Waals surface area (Å²) in [5.74, 6) is 3.64. The van der Waals surface area contributed by atoms with Gasteiger partial charge in [-0.05, 0) is 68.1 Å². The Morgan fingerprint density at radius 1 is 0.941 bits per heavy atom. The fraction of sp³-hybridized carbons (Fsp3) is 1.00. The van der Waals surface area contributed by atoms with Crippen LogP contribution in [0.15, 0.2) is 0 Å². The van der Waals surface area contributed by atoms with E-state index in [0.29, 0.717) is 5.41 Å². The summed E-state index contributed by atoms with van der Waals surface area (Å²) in [6, 6.07) is 0. The molecule has 0 spiro atoms. The molecule has 0 aromatic carbocycles. The molecule has 17 heavy (non-hydrogen) atoms. The minimum absolute atomic E-state index is 0.225. The zero-order valence-electron chi connectivity index (χ0n) is 12.0. The van der Waals surface area contributed by atoms with Crippen LogP contribution in [-0.4, -0.2) is 12.2 Å². The molecule has 5 atom stereocenters. The number of ether oxygens (including phenoxy) is 1. The molecule has 1 unspecified atom stereocenters. The van der Waals surface area contributed by atoms with Crippen LogP contribution in [0, 0.1) is 29.1 Å². The van der Waals surface area contributed by atoms with E-state index < -0.39 is 0 Å². The lowest BCUT2D eigenvalue weighted by Gasteiger charge is -2.56. The summed E-state index contributed by atoms with van der Waals surface area (Å²) >= 11 is 0. The molecule has 1 heterocycles. The highest BCUT2D eigenvalue weighted by Crippen LogP contribution is 2.59. The van der Waals surface area contributed by atoms with E-state index >= 15 is 0 Å². The van der Waals surface area contributed by atoms with Gasteiger partial charge in [0.2, 0.25) is 0 Å². The first-order valence-corrected chi connectivity index (χ1v) is 7.58. The standard InChI is InChI=1S/C16H28O/c1-11-5-8-15(2,3)12-6-9-16(4)13(14(11)12)7-10-17-16/h11-14H,5-10H2,1-4H3/t11-,12-,13-,14?,16-/m1/s1. The molecular formula is C16H28O. The van der Waals surface area contributed by atoms with Crippen LogP contribution in [0.1, 0.15) is 59.8 Å². The number of hydrogen-bond donors (Lipinski definition) is 0. The van der Waals surface area contributed by atoms with Gasteiger partial charge in [-0.25, -0.2) is 0 Å². The van der Waals surface area contributed by atoms with E-state index in [1.165, 1.54) is 32.1 Å². The Kier molecular flexibility index (Phi) is 2.63. The van der Waals surface area contributed by atoms with Gasteiger partial charge in [-0.3, -0.25) is 0 Å². The predicted molar refractivity (Wildman–Crippen MR) is 70.9 cm³/mol. The van der Waals surface area contributed by atoms with Crippen molar-refractivity contribution in [3.05, 3.63) is 0 Å². The largest absolute Gasteiger partial charge is 0.375 e. The molecule has 98 valence electrons. The molecule has 1 aliphatic heterocycles. The zero-order valence-corrected chi connectivity index (χ0v) is 12.0. The molecule has 0 aromatic heterocycles. The molecule has 3 rings (SSSR count). The smallest absolute Gasteiger partial charge is 0.0686 e. The van der Waals surface area contributed by atoms with Crippen molar-refractivity contribution in [2.45, 2.75) is 65.4 Å². The molecule has 1 heteroatoms. The summed E-state index contributed by atoms with van der Waals surface area (Å²) in [6.07, 6.45) is 6.88. The SMILES string of the molecule is C[C@@H]1CCC(C)(C)[C@@H]2CC[C@@]3(C)OCC[C@@H]3C12. The zero-order chi connectivity index (χ0) is 12.3. The minimum atomic E-state index is 0.225. The number of fused-ring (bicyclic) bond motifs is 3. The Morgan fingerprint density at radius 3 is 2.47 bits per heavy atom. The predicted octanol–water partition coefficient (Wildman–Crippen LogP) is 4.26. The third-order valence-electron chi connectivity index (χ3n) is 6.43. The van der Waals surface area contributed by atoms with Gasteiger partial charge in [0, 0.05) is 6.61 Å². The average molecular weight is 236 g/mol. The molecule has 3 aliphatic rings. The fourth-order valence-electron chi connectivity index (χ4n) is 5.29. The van der Waals surface area contributed by atoms with E-state index in [4.69, 9.17) is 4.74 Å². The van der Waals surface area contributed by atoms with Gasteiger partial charge in [-0.15, -0.1) is 0 Å². The Morgan fingerprint density at radius 2 is 1.71 bits per heavy atom. The van der Waals surface area contributed by atoms with E-state index in [2.05, 4.69) is 27.7 Å². The Balaban J connectivity index is 1.93. The van der Waals surface area contributed by atoms with Crippen LogP contribution in [0.3, 0.4) is 0 Å². The van der Waals surface area contributed by atoms with Crippen LogP contribution in [0.5, 0.6) is 0 Å². The van der Waals surface area contributed by atoms with Crippen LogP contribution in [0.25, 0.3) is 0 Å². The normalized spacial score (nSPS) is 52.9. The van der Waals surface area contributed by atoms with Gasteiger partial charge in [0.1, 0.15) is 0 Å². The van der Waals surface area contributed by atoms with Gasteiger partial charge >= 0.3 is 0 Å². The molecular weight excluding hydrogens is 208 g/mol. The van der Waals surface area contributed by atoms with Crippen molar-refractivity contribution in [3.8, 4) is 0 Å². The minimum Gasteiger partial charge on any atom is -0.375 e. The van der Waals surface area contributed by atoms with Gasteiger partial charge < -0.3 is 4.74 Å². The molecule has 0 amide bonds. The number of rotatable bonds is 0. The molecule has 2 saturated carbocycles. The molecule has 0 aromatic rings. The first-order valence-electron chi connectivity index (χ1n) is 7.58. The summed E-state index contributed by atoms with van der Waals surface area (Å²) in [6.45, 7) is 10.9. The number of hydrogen-bond acceptors (Lipinski definition) is 1. The summed E-state index contributed by atoms with van der Waals surface area (Å²) in [7, 11) is 0. The Hall–Kier alpha value is -0.0400. The van der Waals surface area contributed by atoms with Gasteiger partial charge in [0.15, 0.2) is 0 Å². The van der Waals surface area contributed by atoms with Gasteiger partial charge in [0.25, 0.3) is 0 Å². The van der Waals surface area contributed by atoms with E-state index in [-0.39, 0.29) is 5.60 Å². The second-order valence-electron chi connectivity index (χ2n) is 7.78. The van der Waals surface area contributed by atoms with Crippen molar-refractivity contribution in [1.29, 1.82) is 0 Å². The molecule has 0 bridgehead atoms. The maximum Gasteiger partial charge on any atom is 0.0686 e. The van der Waals surface area contributed by atoms with Crippen LogP contribution in [0.2, 0.25) is 0 Å². The molecule has 2 aliphatic carbocycles. The van der Waals surface area contributed by atoms with Crippen molar-refractivity contribution in [2.75, 3.05) is 6.61 Å². The van der Waals surface area contributed by atoms with Crippen molar-refractivity contribution in [3.63, 3.8) is 0 Å². The molecule has 0 radical (unpaired) electrons. The first-order chi connectivity index (χ1) is 7.94. The third kappa shape index (κ3) is 1.69. The van der Waals surface area contributed by atoms with Gasteiger partial charge in [-0.1, -0.05) is 20.8 Å². The average Bonchev–Trinajstić information content (AvgIpc) is 2.65. The third-order valence-corrected chi connectivity index (χ3v) is 6.43. The second kappa shape index (κ2) is 3.73. The highest BCUT2D eigenvalue weighted by Gasteiger charge is 2.56. The summed E-state index contributed by atoms with van der Waals surface area (Å²) in [5, 5.41) is 0. The van der Waals surface area contributed by atoms with Crippen LogP contribution in [0.4, 0.5) is 0 Å². The molecule has 1 nitrogen and oxygen atoms in total. The topological polar surface area (TPSA) is 9.23 Å². The fourth-order valence-corrected chi connectivity index (χ4v) is 5.29. The summed E-state index contributed by atoms with van der Waals surface area (Å²) in [5.41, 5.74) is 0.796. The van der Waals surface area contributed by atoms with Gasteiger partial charge in [0.05, 0.1) is 5.60 Å². The van der Waals surface area contributed by atoms with E-state index in [1.807, 2.05) is 0 Å². The monoisotopic (exact) mass is 236 g/mol. The highest BCUT2D eigenvalue weighted by atomic mass is 16.5. The van der Waals surface area contributed by atoms with Crippen molar-refractivity contribution < 1.29 is 4.74 Å². The summed E-state index contributed by atoms with van der Waals surface area (Å²) in [4.78, 5) is 0. The summed E-state index contributed by atoms with van der Waals surface area (Å²) < 4.78 is 6.11. The van der Waals surface area contributed by atoms with E-state index in [9.17, 15) is 0 Å². The van der Waals surface area contributed by atoms with Crippen LogP contribution < -0.4 is 0 Å². The van der Waals surface area contributed by atoms with Gasteiger partial charge in [-0.2, -0.15) is 0 Å². The maximum atomic E-state index is 6.11. The Labute approximate surface area is 106 Å².